The van der Waals surface area contributed by atoms with Crippen LogP contribution in [0, 0.1) is 11.3 Å². The molecule has 0 spiro atoms. The quantitative estimate of drug-likeness (QED) is 0.331. The molecule has 11 nitrogen and oxygen atoms in total. The maximum atomic E-state index is 14.1. The third kappa shape index (κ3) is 5.15. The van der Waals surface area contributed by atoms with E-state index >= 15 is 0 Å². The third-order valence-electron chi connectivity index (χ3n) is 6.88. The van der Waals surface area contributed by atoms with E-state index in [-0.39, 0.29) is 24.0 Å². The highest BCUT2D eigenvalue weighted by Gasteiger charge is 2.51. The number of hydrogen-bond acceptors (Lipinski definition) is 6. The van der Waals surface area contributed by atoms with E-state index < -0.39 is 23.4 Å². The third-order valence-corrected chi connectivity index (χ3v) is 7.32. The number of carbonyl (C=O) groups excluding carboxylic acids is 3. The second-order valence-corrected chi connectivity index (χ2v) is 10.7. The minimum absolute atomic E-state index is 0.0836. The van der Waals surface area contributed by atoms with Crippen LogP contribution in [0.15, 0.2) is 60.9 Å². The van der Waals surface area contributed by atoms with Crippen molar-refractivity contribution in [2.75, 3.05) is 10.2 Å². The number of nitrogens with one attached hydrogen (secondary N) is 2. The van der Waals surface area contributed by atoms with Crippen LogP contribution in [0.4, 0.5) is 17.5 Å². The van der Waals surface area contributed by atoms with Gasteiger partial charge in [-0.15, -0.1) is 0 Å². The monoisotopic (exact) mass is 590 g/mol. The highest BCUT2D eigenvalue weighted by Crippen LogP contribution is 2.43. The van der Waals surface area contributed by atoms with E-state index in [9.17, 15) is 19.6 Å². The number of carbonyl (C=O) groups is 3. The molecular formula is C28H24Cl2N8O3. The number of imidazole rings is 1. The number of nitrogens with zero attached hydrogens (tertiary/aromatic N) is 6. The minimum atomic E-state index is -1.30. The van der Waals surface area contributed by atoms with Gasteiger partial charge in [-0.05, 0) is 49.7 Å². The Morgan fingerprint density at radius 3 is 2.41 bits per heavy atom. The number of halogens is 2. The normalized spacial score (nSPS) is 16.7. The number of rotatable bonds is 7. The second kappa shape index (κ2) is 10.7. The Morgan fingerprint density at radius 2 is 1.80 bits per heavy atom. The van der Waals surface area contributed by atoms with Gasteiger partial charge in [-0.25, -0.2) is 9.88 Å². The fraction of sp³-hybridized carbons (Fsp3) is 0.214. The fourth-order valence-electron chi connectivity index (χ4n) is 4.79. The minimum Gasteiger partial charge on any atom is -0.339 e. The summed E-state index contributed by atoms with van der Waals surface area (Å²) in [6.07, 6.45) is 3.08. The summed E-state index contributed by atoms with van der Waals surface area (Å²) in [5.41, 5.74) is 0.412. The van der Waals surface area contributed by atoms with Crippen LogP contribution in [-0.4, -0.2) is 43.1 Å². The lowest BCUT2D eigenvalue weighted by Gasteiger charge is -2.27. The van der Waals surface area contributed by atoms with Gasteiger partial charge in [0.2, 0.25) is 11.9 Å². The summed E-state index contributed by atoms with van der Waals surface area (Å²) in [6.45, 7) is 3.26. The molecule has 0 unspecified atom stereocenters. The van der Waals surface area contributed by atoms with Crippen molar-refractivity contribution in [2.24, 2.45) is 7.05 Å². The first-order valence-corrected chi connectivity index (χ1v) is 13.2. The number of fused-ring (bicyclic) bond motifs is 1. The summed E-state index contributed by atoms with van der Waals surface area (Å²) >= 11 is 12.5. The van der Waals surface area contributed by atoms with E-state index in [2.05, 4.69) is 26.8 Å². The van der Waals surface area contributed by atoms with Crippen LogP contribution >= 0.6 is 23.2 Å². The van der Waals surface area contributed by atoms with E-state index in [0.717, 1.165) is 5.56 Å². The molecule has 2 aromatic carbocycles. The first-order valence-electron chi connectivity index (χ1n) is 12.5. The van der Waals surface area contributed by atoms with Crippen LogP contribution in [0.1, 0.15) is 35.5 Å². The lowest BCUT2D eigenvalue weighted by atomic mass is 9.91. The summed E-state index contributed by atoms with van der Waals surface area (Å²) in [5.74, 6) is -0.741. The first kappa shape index (κ1) is 27.9. The van der Waals surface area contributed by atoms with Gasteiger partial charge >= 0.3 is 0 Å². The fourth-order valence-corrected chi connectivity index (χ4v) is 5.31. The molecule has 1 aliphatic rings. The molecule has 41 heavy (non-hydrogen) atoms. The first-order chi connectivity index (χ1) is 19.5. The number of benzene rings is 2. The standard InChI is InChI=1S/C28H24Cl2N8O3/c1-16(24(39)35-23-8-9-33-36(23)3)34-25(40)22-15-32-27-37(21-11-19(29)10-20(30)12-21)26(41)28(2,38(22)27)13-17-4-6-18(14-31)7-5-17/h4-12,15-16H,13H2,1-3H3,(H,34,40)(H,35,39)/t16-,28-/m1/s1. The van der Waals surface area contributed by atoms with E-state index in [1.165, 1.54) is 15.8 Å². The maximum absolute atomic E-state index is 14.1. The summed E-state index contributed by atoms with van der Waals surface area (Å²) in [6, 6.07) is 14.4. The van der Waals surface area contributed by atoms with Gasteiger partial charge in [-0.1, -0.05) is 35.3 Å². The van der Waals surface area contributed by atoms with Crippen LogP contribution in [0.2, 0.25) is 10.0 Å². The Bertz CT molecular complexity index is 1700. The zero-order chi connectivity index (χ0) is 29.5. The Labute approximate surface area is 245 Å². The number of aryl methyl sites for hydroxylation is 1. The zero-order valence-electron chi connectivity index (χ0n) is 22.2. The predicted octanol–water partition coefficient (Wildman–Crippen LogP) is 4.19. The molecule has 5 rings (SSSR count). The number of amides is 3. The van der Waals surface area contributed by atoms with Crippen molar-refractivity contribution in [2.45, 2.75) is 31.8 Å². The molecule has 0 saturated heterocycles. The van der Waals surface area contributed by atoms with Gasteiger partial charge in [0, 0.05) is 29.6 Å². The lowest BCUT2D eigenvalue weighted by Crippen LogP contribution is -2.45. The van der Waals surface area contributed by atoms with Gasteiger partial charge in [0.1, 0.15) is 23.1 Å². The average Bonchev–Trinajstić information content (AvgIpc) is 3.60. The largest absolute Gasteiger partial charge is 0.339 e. The molecule has 2 N–H and O–H groups in total. The van der Waals surface area contributed by atoms with E-state index in [0.29, 0.717) is 27.1 Å². The van der Waals surface area contributed by atoms with Crippen molar-refractivity contribution in [3.8, 4) is 6.07 Å². The molecule has 3 amide bonds. The summed E-state index contributed by atoms with van der Waals surface area (Å²) < 4.78 is 3.05. The van der Waals surface area contributed by atoms with Crippen LogP contribution in [0.25, 0.3) is 0 Å². The summed E-state index contributed by atoms with van der Waals surface area (Å²) in [5, 5.41) is 19.3. The Kier molecular flexibility index (Phi) is 7.29. The smallest absolute Gasteiger partial charge is 0.270 e. The molecule has 3 heterocycles. The van der Waals surface area contributed by atoms with Crippen LogP contribution < -0.4 is 15.5 Å². The maximum Gasteiger partial charge on any atom is 0.270 e. The molecule has 2 atom stereocenters. The van der Waals surface area contributed by atoms with Gasteiger partial charge < -0.3 is 10.6 Å². The number of hydrogen-bond donors (Lipinski definition) is 2. The van der Waals surface area contributed by atoms with Crippen LogP contribution in [-0.2, 0) is 28.6 Å². The van der Waals surface area contributed by atoms with Crippen molar-refractivity contribution in [3.63, 3.8) is 0 Å². The summed E-state index contributed by atoms with van der Waals surface area (Å²) in [4.78, 5) is 46.3. The lowest BCUT2D eigenvalue weighted by molar-refractivity contribution is -0.124. The van der Waals surface area contributed by atoms with Crippen LogP contribution in [0.5, 0.6) is 0 Å². The second-order valence-electron chi connectivity index (χ2n) is 9.83. The van der Waals surface area contributed by atoms with Gasteiger partial charge in [0.25, 0.3) is 11.8 Å². The molecule has 2 aromatic heterocycles. The van der Waals surface area contributed by atoms with E-state index in [4.69, 9.17) is 23.2 Å². The highest BCUT2D eigenvalue weighted by atomic mass is 35.5. The van der Waals surface area contributed by atoms with E-state index in [1.54, 1.807) is 80.2 Å². The van der Waals surface area contributed by atoms with Gasteiger partial charge in [-0.3, -0.25) is 23.6 Å². The van der Waals surface area contributed by atoms with Gasteiger partial charge in [0.05, 0.1) is 29.7 Å². The number of nitriles is 1. The Balaban J connectivity index is 1.52. The van der Waals surface area contributed by atoms with Crippen molar-refractivity contribution < 1.29 is 14.4 Å². The number of anilines is 3. The molecular weight excluding hydrogens is 567 g/mol. The molecule has 0 bridgehead atoms. The predicted molar refractivity (Wildman–Crippen MR) is 153 cm³/mol. The molecule has 0 aliphatic carbocycles. The molecule has 0 radical (unpaired) electrons. The molecule has 0 fully saturated rings. The van der Waals surface area contributed by atoms with Crippen molar-refractivity contribution in [1.82, 2.24) is 24.6 Å². The van der Waals surface area contributed by atoms with Crippen molar-refractivity contribution in [3.05, 3.63) is 87.8 Å². The van der Waals surface area contributed by atoms with Crippen LogP contribution in [0.3, 0.4) is 0 Å². The highest BCUT2D eigenvalue weighted by molar-refractivity contribution is 6.35. The van der Waals surface area contributed by atoms with Gasteiger partial charge in [0.15, 0.2) is 0 Å². The molecule has 0 saturated carbocycles. The zero-order valence-corrected chi connectivity index (χ0v) is 23.7. The van der Waals surface area contributed by atoms with E-state index in [1.807, 2.05) is 0 Å². The van der Waals surface area contributed by atoms with Crippen molar-refractivity contribution in [1.29, 1.82) is 5.26 Å². The number of aromatic nitrogens is 4. The Hall–Kier alpha value is -4.66. The molecule has 4 aromatic rings. The Morgan fingerprint density at radius 1 is 1.12 bits per heavy atom. The topological polar surface area (TPSA) is 138 Å². The molecule has 208 valence electrons. The molecule has 13 heteroatoms. The van der Waals surface area contributed by atoms with Crippen molar-refractivity contribution >= 4 is 58.4 Å². The average molecular weight is 591 g/mol. The summed E-state index contributed by atoms with van der Waals surface area (Å²) in [7, 11) is 1.68. The molecule has 1 aliphatic heterocycles. The van der Waals surface area contributed by atoms with Gasteiger partial charge in [-0.2, -0.15) is 10.4 Å². The SMILES string of the molecule is C[C@@H](NC(=O)c1cnc2n1[C@](C)(Cc1ccc(C#N)cc1)C(=O)N2c1cc(Cl)cc(Cl)c1)C(=O)Nc1ccnn1C.